The first kappa shape index (κ1) is 31.6. The molecule has 0 spiro atoms. The highest BCUT2D eigenvalue weighted by Crippen LogP contribution is 2.53. The topological polar surface area (TPSA) is 8.17 Å². The second-order valence-corrected chi connectivity index (χ2v) is 15.3. The normalized spacial score (nSPS) is 13.1. The summed E-state index contributed by atoms with van der Waals surface area (Å²) in [6, 6.07) is 71.4. The molecule has 0 N–H and O–H groups in total. The van der Waals surface area contributed by atoms with Crippen LogP contribution in [0.1, 0.15) is 25.0 Å². The Bertz CT molecular complexity index is 3000. The molecule has 0 unspecified atom stereocenters. The highest BCUT2D eigenvalue weighted by Gasteiger charge is 2.36. The monoisotopic (exact) mass is 702 g/mol. The van der Waals surface area contributed by atoms with Crippen molar-refractivity contribution in [2.45, 2.75) is 19.3 Å². The summed E-state index contributed by atoms with van der Waals surface area (Å²) in [6.07, 6.45) is 0. The fourth-order valence-corrected chi connectivity index (χ4v) is 9.45. The number of rotatable bonds is 5. The van der Waals surface area contributed by atoms with Crippen molar-refractivity contribution in [3.05, 3.63) is 205 Å². The molecule has 10 aromatic rings. The summed E-state index contributed by atoms with van der Waals surface area (Å²) in [5, 5.41) is 7.44. The standard InChI is InChI=1S/C53H38N2/c1-53(2)47-25-13-10-18-39(47)40-33-32-38(34-48(40)53)54(36-28-30-37(31-29-36)55-49-26-14-11-19-41(49)42-20-12-15-27-50(42)55)52-45-23-8-6-21-43(45)51(35-16-4-3-5-17-35)44-22-7-9-24-46(44)52/h3-34H,1-2H3. The quantitative estimate of drug-likeness (QED) is 0.162. The molecule has 1 aliphatic rings. The lowest BCUT2D eigenvalue weighted by molar-refractivity contribution is 0.660. The van der Waals surface area contributed by atoms with Crippen LogP contribution in [0.25, 0.3) is 71.3 Å². The molecule has 2 nitrogen and oxygen atoms in total. The number of hydrogen-bond donors (Lipinski definition) is 0. The Labute approximate surface area is 321 Å². The molecule has 0 radical (unpaired) electrons. The van der Waals surface area contributed by atoms with Gasteiger partial charge in [0.05, 0.1) is 16.7 Å². The van der Waals surface area contributed by atoms with Gasteiger partial charge in [-0.1, -0.05) is 159 Å². The second-order valence-electron chi connectivity index (χ2n) is 15.3. The van der Waals surface area contributed by atoms with Gasteiger partial charge in [0.15, 0.2) is 0 Å². The average Bonchev–Trinajstić information content (AvgIpc) is 3.69. The van der Waals surface area contributed by atoms with E-state index in [4.69, 9.17) is 0 Å². The molecule has 1 aromatic heterocycles. The highest BCUT2D eigenvalue weighted by molar-refractivity contribution is 6.22. The van der Waals surface area contributed by atoms with Crippen molar-refractivity contribution >= 4 is 60.4 Å². The summed E-state index contributed by atoms with van der Waals surface area (Å²) >= 11 is 0. The molecule has 0 amide bonds. The van der Waals surface area contributed by atoms with Gasteiger partial charge in [-0.15, -0.1) is 0 Å². The first-order chi connectivity index (χ1) is 27.1. The van der Waals surface area contributed by atoms with E-state index in [1.54, 1.807) is 0 Å². The highest BCUT2D eigenvalue weighted by atomic mass is 15.1. The van der Waals surface area contributed by atoms with Crippen molar-refractivity contribution < 1.29 is 0 Å². The fourth-order valence-electron chi connectivity index (χ4n) is 9.45. The average molecular weight is 703 g/mol. The molecule has 9 aromatic carbocycles. The van der Waals surface area contributed by atoms with E-state index in [9.17, 15) is 0 Å². The van der Waals surface area contributed by atoms with Crippen LogP contribution in [-0.4, -0.2) is 4.57 Å². The Kier molecular flexibility index (Phi) is 6.93. The number of para-hydroxylation sites is 2. The van der Waals surface area contributed by atoms with E-state index in [1.807, 2.05) is 0 Å². The van der Waals surface area contributed by atoms with Gasteiger partial charge in [0, 0.05) is 44.0 Å². The van der Waals surface area contributed by atoms with E-state index >= 15 is 0 Å². The van der Waals surface area contributed by atoms with Gasteiger partial charge in [-0.25, -0.2) is 0 Å². The molecular formula is C53H38N2. The first-order valence-electron chi connectivity index (χ1n) is 19.2. The van der Waals surface area contributed by atoms with Crippen LogP contribution in [0.15, 0.2) is 194 Å². The number of hydrogen-bond acceptors (Lipinski definition) is 1. The third kappa shape index (κ3) is 4.68. The van der Waals surface area contributed by atoms with E-state index in [0.29, 0.717) is 0 Å². The van der Waals surface area contributed by atoms with Gasteiger partial charge >= 0.3 is 0 Å². The van der Waals surface area contributed by atoms with Gasteiger partial charge in [-0.3, -0.25) is 0 Å². The van der Waals surface area contributed by atoms with Crippen LogP contribution in [0.2, 0.25) is 0 Å². The maximum Gasteiger partial charge on any atom is 0.0618 e. The maximum absolute atomic E-state index is 2.51. The lowest BCUT2D eigenvalue weighted by atomic mass is 9.82. The number of fused-ring (bicyclic) bond motifs is 8. The zero-order valence-electron chi connectivity index (χ0n) is 30.9. The van der Waals surface area contributed by atoms with Gasteiger partial charge in [0.2, 0.25) is 0 Å². The van der Waals surface area contributed by atoms with Crippen molar-refractivity contribution in [3.63, 3.8) is 0 Å². The third-order valence-corrected chi connectivity index (χ3v) is 12.0. The minimum atomic E-state index is -0.130. The van der Waals surface area contributed by atoms with Gasteiger partial charge in [-0.05, 0) is 92.7 Å². The Morgan fingerprint density at radius 2 is 0.891 bits per heavy atom. The minimum absolute atomic E-state index is 0.130. The van der Waals surface area contributed by atoms with Crippen molar-refractivity contribution in [2.24, 2.45) is 0 Å². The molecule has 0 saturated carbocycles. The van der Waals surface area contributed by atoms with Crippen LogP contribution in [0.4, 0.5) is 17.1 Å². The SMILES string of the molecule is CC1(C)c2ccccc2-c2ccc(N(c3ccc(-n4c5ccccc5c5ccccc54)cc3)c3c4ccccc4c(-c4ccccc4)c4ccccc34)cc21. The number of benzene rings is 9. The Morgan fingerprint density at radius 3 is 1.53 bits per heavy atom. The van der Waals surface area contributed by atoms with Crippen LogP contribution in [0.3, 0.4) is 0 Å². The van der Waals surface area contributed by atoms with Crippen LogP contribution in [0, 0.1) is 0 Å². The summed E-state index contributed by atoms with van der Waals surface area (Å²) in [6.45, 7) is 4.73. The molecule has 0 bridgehead atoms. The van der Waals surface area contributed by atoms with Crippen LogP contribution < -0.4 is 4.90 Å². The zero-order chi connectivity index (χ0) is 36.7. The summed E-state index contributed by atoms with van der Waals surface area (Å²) < 4.78 is 2.40. The van der Waals surface area contributed by atoms with E-state index < -0.39 is 0 Å². The van der Waals surface area contributed by atoms with E-state index in [0.717, 1.165) is 17.1 Å². The van der Waals surface area contributed by atoms with E-state index in [1.165, 1.54) is 82.4 Å². The lowest BCUT2D eigenvalue weighted by Crippen LogP contribution is -2.17. The summed E-state index contributed by atoms with van der Waals surface area (Å²) in [5.74, 6) is 0. The fraction of sp³-hybridized carbons (Fsp3) is 0.0566. The van der Waals surface area contributed by atoms with Crippen molar-refractivity contribution in [2.75, 3.05) is 4.90 Å². The van der Waals surface area contributed by atoms with Gasteiger partial charge in [-0.2, -0.15) is 0 Å². The van der Waals surface area contributed by atoms with Gasteiger partial charge < -0.3 is 9.47 Å². The smallest absolute Gasteiger partial charge is 0.0618 e. The Morgan fingerprint density at radius 1 is 0.400 bits per heavy atom. The summed E-state index contributed by atoms with van der Waals surface area (Å²) in [5.41, 5.74) is 14.7. The zero-order valence-corrected chi connectivity index (χ0v) is 30.9. The number of anilines is 3. The van der Waals surface area contributed by atoms with Crippen molar-refractivity contribution in [1.29, 1.82) is 0 Å². The van der Waals surface area contributed by atoms with Crippen LogP contribution >= 0.6 is 0 Å². The maximum atomic E-state index is 2.51. The van der Waals surface area contributed by atoms with Gasteiger partial charge in [0.1, 0.15) is 0 Å². The van der Waals surface area contributed by atoms with Crippen LogP contribution in [-0.2, 0) is 5.41 Å². The van der Waals surface area contributed by atoms with Crippen molar-refractivity contribution in [3.8, 4) is 27.9 Å². The van der Waals surface area contributed by atoms with E-state index in [-0.39, 0.29) is 5.41 Å². The molecule has 0 aliphatic heterocycles. The van der Waals surface area contributed by atoms with Gasteiger partial charge in [0.25, 0.3) is 0 Å². The molecule has 2 heteroatoms. The minimum Gasteiger partial charge on any atom is -0.309 e. The molecule has 55 heavy (non-hydrogen) atoms. The second kappa shape index (κ2) is 12.1. The molecule has 0 saturated heterocycles. The molecule has 1 heterocycles. The molecule has 11 rings (SSSR count). The first-order valence-corrected chi connectivity index (χ1v) is 19.2. The predicted molar refractivity (Wildman–Crippen MR) is 233 cm³/mol. The molecule has 0 atom stereocenters. The molecule has 1 aliphatic carbocycles. The Hall–Kier alpha value is -6.90. The van der Waals surface area contributed by atoms with Crippen molar-refractivity contribution in [1.82, 2.24) is 4.57 Å². The third-order valence-electron chi connectivity index (χ3n) is 12.0. The molecule has 0 fully saturated rings. The Balaban J connectivity index is 1.19. The number of nitrogens with zero attached hydrogens (tertiary/aromatic N) is 2. The summed E-state index contributed by atoms with van der Waals surface area (Å²) in [7, 11) is 0. The summed E-state index contributed by atoms with van der Waals surface area (Å²) in [4.78, 5) is 2.51. The van der Waals surface area contributed by atoms with Crippen LogP contribution in [0.5, 0.6) is 0 Å². The largest absolute Gasteiger partial charge is 0.309 e. The molecular weight excluding hydrogens is 665 g/mol. The predicted octanol–water partition coefficient (Wildman–Crippen LogP) is 14.5. The van der Waals surface area contributed by atoms with E-state index in [2.05, 4.69) is 217 Å². The molecule has 260 valence electrons. The number of aromatic nitrogens is 1. The lowest BCUT2D eigenvalue weighted by Gasteiger charge is -2.31.